The van der Waals surface area contributed by atoms with Crippen LogP contribution in [-0.2, 0) is 11.3 Å². The summed E-state index contributed by atoms with van der Waals surface area (Å²) in [5.41, 5.74) is 2.56. The fourth-order valence-electron chi connectivity index (χ4n) is 1.67. The standard InChI is InChI=1S/C14H18FNO2/c1-9(14(17)18)4-5-16-8-12-6-10(2)13(15)11(3)7-12/h4,6-7,16H,5,8H2,1-3H3,(H,17,18)/b9-4-. The lowest BCUT2D eigenvalue weighted by Crippen LogP contribution is -2.14. The first kappa shape index (κ1) is 14.4. The smallest absolute Gasteiger partial charge is 0.330 e. The topological polar surface area (TPSA) is 49.3 Å². The molecule has 0 radical (unpaired) electrons. The zero-order valence-electron chi connectivity index (χ0n) is 10.9. The first-order valence-electron chi connectivity index (χ1n) is 5.78. The van der Waals surface area contributed by atoms with Crippen LogP contribution in [0.3, 0.4) is 0 Å². The number of hydrogen-bond acceptors (Lipinski definition) is 2. The Labute approximate surface area is 106 Å². The molecule has 4 heteroatoms. The van der Waals surface area contributed by atoms with Crippen molar-refractivity contribution in [3.63, 3.8) is 0 Å². The van der Waals surface area contributed by atoms with Gasteiger partial charge in [0.1, 0.15) is 5.82 Å². The molecule has 0 fully saturated rings. The number of nitrogens with one attached hydrogen (secondary N) is 1. The van der Waals surface area contributed by atoms with Crippen LogP contribution in [0.4, 0.5) is 4.39 Å². The summed E-state index contributed by atoms with van der Waals surface area (Å²) in [6.07, 6.45) is 1.62. The van der Waals surface area contributed by atoms with E-state index < -0.39 is 5.97 Å². The number of carboxylic acid groups (broad SMARTS) is 1. The van der Waals surface area contributed by atoms with Crippen molar-refractivity contribution in [2.75, 3.05) is 6.54 Å². The van der Waals surface area contributed by atoms with Gasteiger partial charge in [-0.25, -0.2) is 9.18 Å². The molecule has 2 N–H and O–H groups in total. The van der Waals surface area contributed by atoms with Crippen LogP contribution >= 0.6 is 0 Å². The van der Waals surface area contributed by atoms with Gasteiger partial charge in [-0.2, -0.15) is 0 Å². The summed E-state index contributed by atoms with van der Waals surface area (Å²) in [4.78, 5) is 10.6. The van der Waals surface area contributed by atoms with Gasteiger partial charge >= 0.3 is 5.97 Å². The van der Waals surface area contributed by atoms with Crippen LogP contribution in [-0.4, -0.2) is 17.6 Å². The Balaban J connectivity index is 2.55. The molecule has 3 nitrogen and oxygen atoms in total. The molecule has 0 spiro atoms. The van der Waals surface area contributed by atoms with Crippen LogP contribution in [0.25, 0.3) is 0 Å². The van der Waals surface area contributed by atoms with Crippen LogP contribution in [0, 0.1) is 19.7 Å². The van der Waals surface area contributed by atoms with Crippen LogP contribution in [0.5, 0.6) is 0 Å². The zero-order chi connectivity index (χ0) is 13.7. The first-order chi connectivity index (χ1) is 8.41. The maximum absolute atomic E-state index is 13.4. The molecule has 0 saturated carbocycles. The van der Waals surface area contributed by atoms with Crippen molar-refractivity contribution in [2.24, 2.45) is 0 Å². The predicted molar refractivity (Wildman–Crippen MR) is 69.0 cm³/mol. The third-order valence-corrected chi connectivity index (χ3v) is 2.72. The Morgan fingerprint density at radius 3 is 2.44 bits per heavy atom. The number of benzene rings is 1. The van der Waals surface area contributed by atoms with E-state index in [2.05, 4.69) is 5.32 Å². The minimum Gasteiger partial charge on any atom is -0.478 e. The first-order valence-corrected chi connectivity index (χ1v) is 5.78. The fraction of sp³-hybridized carbons (Fsp3) is 0.357. The molecule has 0 unspecified atom stereocenters. The molecule has 0 aliphatic heterocycles. The predicted octanol–water partition coefficient (Wildman–Crippen LogP) is 2.56. The van der Waals surface area contributed by atoms with E-state index in [0.717, 1.165) is 5.56 Å². The zero-order valence-corrected chi connectivity index (χ0v) is 10.9. The molecule has 0 aliphatic carbocycles. The van der Waals surface area contributed by atoms with Gasteiger partial charge in [0.15, 0.2) is 0 Å². The molecule has 18 heavy (non-hydrogen) atoms. The minimum atomic E-state index is -0.912. The maximum atomic E-state index is 13.4. The molecule has 1 aromatic carbocycles. The molecule has 0 aliphatic rings. The molecule has 1 aromatic rings. The van der Waals surface area contributed by atoms with Crippen LogP contribution < -0.4 is 5.32 Å². The van der Waals surface area contributed by atoms with Crippen molar-refractivity contribution in [1.29, 1.82) is 0 Å². The summed E-state index contributed by atoms with van der Waals surface area (Å²) in [5, 5.41) is 11.8. The van der Waals surface area contributed by atoms with Crippen LogP contribution in [0.1, 0.15) is 23.6 Å². The van der Waals surface area contributed by atoms with E-state index in [4.69, 9.17) is 5.11 Å². The Hall–Kier alpha value is -1.68. The van der Waals surface area contributed by atoms with Gasteiger partial charge in [0.25, 0.3) is 0 Å². The molecule has 0 heterocycles. The maximum Gasteiger partial charge on any atom is 0.330 e. The molecule has 0 bridgehead atoms. The second-order valence-electron chi connectivity index (χ2n) is 4.37. The lowest BCUT2D eigenvalue weighted by Gasteiger charge is -2.07. The molecule has 0 aromatic heterocycles. The Morgan fingerprint density at radius 2 is 1.94 bits per heavy atom. The summed E-state index contributed by atoms with van der Waals surface area (Å²) in [7, 11) is 0. The SMILES string of the molecule is C/C(=C/CNCc1cc(C)c(F)c(C)c1)C(=O)O. The number of carboxylic acids is 1. The minimum absolute atomic E-state index is 0.166. The van der Waals surface area contributed by atoms with Gasteiger partial charge < -0.3 is 10.4 Å². The van der Waals surface area contributed by atoms with Gasteiger partial charge in [-0.1, -0.05) is 18.2 Å². The number of hydrogen-bond donors (Lipinski definition) is 2. The van der Waals surface area contributed by atoms with Crippen LogP contribution in [0.2, 0.25) is 0 Å². The highest BCUT2D eigenvalue weighted by Gasteiger charge is 2.04. The van der Waals surface area contributed by atoms with Crippen molar-refractivity contribution < 1.29 is 14.3 Å². The van der Waals surface area contributed by atoms with Crippen molar-refractivity contribution in [3.05, 3.63) is 46.3 Å². The molecule has 98 valence electrons. The summed E-state index contributed by atoms with van der Waals surface area (Å²) in [6.45, 7) is 6.09. The normalized spacial score (nSPS) is 11.7. The average Bonchev–Trinajstić information content (AvgIpc) is 2.31. The summed E-state index contributed by atoms with van der Waals surface area (Å²) in [6, 6.07) is 3.59. The highest BCUT2D eigenvalue weighted by atomic mass is 19.1. The van der Waals surface area contributed by atoms with E-state index in [9.17, 15) is 9.18 Å². The number of carbonyl (C=O) groups is 1. The van der Waals surface area contributed by atoms with E-state index in [1.807, 2.05) is 0 Å². The molecular formula is C14H18FNO2. The molecule has 0 atom stereocenters. The number of aryl methyl sites for hydroxylation is 2. The number of rotatable bonds is 5. The quantitative estimate of drug-likeness (QED) is 0.624. The molecule has 1 rings (SSSR count). The number of aliphatic carboxylic acids is 1. The van der Waals surface area contributed by atoms with Crippen molar-refractivity contribution in [3.8, 4) is 0 Å². The summed E-state index contributed by atoms with van der Waals surface area (Å²) < 4.78 is 13.4. The third-order valence-electron chi connectivity index (χ3n) is 2.72. The van der Waals surface area contributed by atoms with E-state index in [1.54, 1.807) is 39.0 Å². The number of halogens is 1. The van der Waals surface area contributed by atoms with E-state index in [1.165, 1.54) is 0 Å². The van der Waals surface area contributed by atoms with E-state index in [-0.39, 0.29) is 5.82 Å². The Kier molecular flexibility index (Phi) is 5.04. The summed E-state index contributed by atoms with van der Waals surface area (Å²) in [5.74, 6) is -1.08. The van der Waals surface area contributed by atoms with Gasteiger partial charge in [0.2, 0.25) is 0 Å². The van der Waals surface area contributed by atoms with Gasteiger partial charge in [-0.15, -0.1) is 0 Å². The molecule has 0 amide bonds. The van der Waals surface area contributed by atoms with Crippen molar-refractivity contribution in [1.82, 2.24) is 5.32 Å². The second kappa shape index (κ2) is 6.31. The molecule has 0 saturated heterocycles. The third kappa shape index (κ3) is 3.96. The van der Waals surface area contributed by atoms with Gasteiger partial charge in [0, 0.05) is 18.7 Å². The van der Waals surface area contributed by atoms with E-state index in [0.29, 0.717) is 29.8 Å². The lowest BCUT2D eigenvalue weighted by atomic mass is 10.1. The summed E-state index contributed by atoms with van der Waals surface area (Å²) >= 11 is 0. The highest BCUT2D eigenvalue weighted by Crippen LogP contribution is 2.14. The van der Waals surface area contributed by atoms with E-state index >= 15 is 0 Å². The highest BCUT2D eigenvalue weighted by molar-refractivity contribution is 5.85. The average molecular weight is 251 g/mol. The Morgan fingerprint density at radius 1 is 1.39 bits per heavy atom. The van der Waals surface area contributed by atoms with Gasteiger partial charge in [-0.05, 0) is 37.5 Å². The van der Waals surface area contributed by atoms with Crippen LogP contribution in [0.15, 0.2) is 23.8 Å². The Bertz CT molecular complexity index is 458. The van der Waals surface area contributed by atoms with Gasteiger partial charge in [0.05, 0.1) is 0 Å². The largest absolute Gasteiger partial charge is 0.478 e. The monoisotopic (exact) mass is 251 g/mol. The van der Waals surface area contributed by atoms with Crippen molar-refractivity contribution >= 4 is 5.97 Å². The van der Waals surface area contributed by atoms with Gasteiger partial charge in [-0.3, -0.25) is 0 Å². The molecular weight excluding hydrogens is 233 g/mol. The second-order valence-corrected chi connectivity index (χ2v) is 4.37. The lowest BCUT2D eigenvalue weighted by molar-refractivity contribution is -0.132. The fourth-order valence-corrected chi connectivity index (χ4v) is 1.67. The van der Waals surface area contributed by atoms with Crippen molar-refractivity contribution in [2.45, 2.75) is 27.3 Å².